The lowest BCUT2D eigenvalue weighted by molar-refractivity contribution is 0.102. The van der Waals surface area contributed by atoms with Crippen LogP contribution in [-0.2, 0) is 0 Å². The summed E-state index contributed by atoms with van der Waals surface area (Å²) in [6.45, 7) is 2.01. The Balaban J connectivity index is 1.64. The van der Waals surface area contributed by atoms with Crippen LogP contribution in [0.3, 0.4) is 0 Å². The van der Waals surface area contributed by atoms with E-state index in [1.54, 1.807) is 6.20 Å². The number of rotatable bonds is 2. The van der Waals surface area contributed by atoms with E-state index in [1.807, 2.05) is 53.9 Å². The fourth-order valence-corrected chi connectivity index (χ4v) is 2.59. The molecule has 22 heavy (non-hydrogen) atoms. The first kappa shape index (κ1) is 12.6. The zero-order valence-corrected chi connectivity index (χ0v) is 12.0. The molecule has 0 spiro atoms. The first-order valence-corrected chi connectivity index (χ1v) is 7.03. The molecule has 1 amide bonds. The monoisotopic (exact) mass is 290 g/mol. The Morgan fingerprint density at radius 3 is 3.00 bits per heavy atom. The van der Waals surface area contributed by atoms with E-state index in [0.717, 1.165) is 27.9 Å². The third kappa shape index (κ3) is 2.13. The average molecular weight is 290 g/mol. The Bertz CT molecular complexity index is 963. The highest BCUT2D eigenvalue weighted by Gasteiger charge is 2.11. The highest BCUT2D eigenvalue weighted by Crippen LogP contribution is 2.20. The van der Waals surface area contributed by atoms with Crippen molar-refractivity contribution < 1.29 is 4.79 Å². The van der Waals surface area contributed by atoms with Crippen molar-refractivity contribution in [3.63, 3.8) is 0 Å². The van der Waals surface area contributed by atoms with Gasteiger partial charge in [-0.05, 0) is 43.3 Å². The molecular weight excluding hydrogens is 276 g/mol. The summed E-state index contributed by atoms with van der Waals surface area (Å²) in [4.78, 5) is 19.9. The number of hydrogen-bond acceptors (Lipinski definition) is 2. The number of carbonyl (C=O) groups excluding carboxylic acids is 1. The van der Waals surface area contributed by atoms with Gasteiger partial charge in [0.15, 0.2) is 0 Å². The Labute approximate surface area is 126 Å². The number of hydrogen-bond donors (Lipinski definition) is 2. The molecule has 0 aliphatic carbocycles. The Morgan fingerprint density at radius 2 is 2.14 bits per heavy atom. The van der Waals surface area contributed by atoms with E-state index in [2.05, 4.69) is 21.4 Å². The number of benzene rings is 1. The van der Waals surface area contributed by atoms with E-state index in [9.17, 15) is 4.79 Å². The van der Waals surface area contributed by atoms with Crippen molar-refractivity contribution in [1.29, 1.82) is 0 Å². The summed E-state index contributed by atoms with van der Waals surface area (Å²) in [5.41, 5.74) is 4.07. The van der Waals surface area contributed by atoms with Crippen molar-refractivity contribution >= 4 is 28.1 Å². The van der Waals surface area contributed by atoms with Gasteiger partial charge in [0.25, 0.3) is 5.91 Å². The maximum absolute atomic E-state index is 12.3. The summed E-state index contributed by atoms with van der Waals surface area (Å²) in [6, 6.07) is 13.5. The third-order valence-corrected chi connectivity index (χ3v) is 3.61. The molecular formula is C17H14N4O. The van der Waals surface area contributed by atoms with Crippen molar-refractivity contribution in [2.45, 2.75) is 6.92 Å². The van der Waals surface area contributed by atoms with Crippen LogP contribution in [-0.4, -0.2) is 20.3 Å². The van der Waals surface area contributed by atoms with Crippen LogP contribution in [0, 0.1) is 6.92 Å². The second-order valence-electron chi connectivity index (χ2n) is 5.30. The molecule has 5 heteroatoms. The molecule has 3 aromatic heterocycles. The lowest BCUT2D eigenvalue weighted by Gasteiger charge is -2.03. The molecule has 0 saturated heterocycles. The topological polar surface area (TPSA) is 62.2 Å². The molecule has 2 N–H and O–H groups in total. The van der Waals surface area contributed by atoms with Gasteiger partial charge in [-0.2, -0.15) is 0 Å². The predicted molar refractivity (Wildman–Crippen MR) is 86.2 cm³/mol. The first-order chi connectivity index (χ1) is 10.7. The summed E-state index contributed by atoms with van der Waals surface area (Å²) in [5, 5.41) is 3.97. The molecule has 5 nitrogen and oxygen atoms in total. The van der Waals surface area contributed by atoms with Crippen LogP contribution < -0.4 is 5.32 Å². The number of amides is 1. The number of aryl methyl sites for hydroxylation is 1. The van der Waals surface area contributed by atoms with Crippen LogP contribution in [0.4, 0.5) is 5.69 Å². The zero-order chi connectivity index (χ0) is 15.1. The number of carbonyl (C=O) groups is 1. The maximum Gasteiger partial charge on any atom is 0.275 e. The van der Waals surface area contributed by atoms with Gasteiger partial charge in [0.05, 0.1) is 0 Å². The van der Waals surface area contributed by atoms with Gasteiger partial charge >= 0.3 is 0 Å². The number of aromatic amines is 1. The van der Waals surface area contributed by atoms with Gasteiger partial charge in [0, 0.05) is 34.7 Å². The van der Waals surface area contributed by atoms with Crippen LogP contribution in [0.1, 0.15) is 16.2 Å². The lowest BCUT2D eigenvalue weighted by atomic mass is 10.2. The number of H-pyrrole nitrogens is 1. The van der Waals surface area contributed by atoms with Gasteiger partial charge in [-0.1, -0.05) is 6.07 Å². The van der Waals surface area contributed by atoms with E-state index in [4.69, 9.17) is 0 Å². The zero-order valence-electron chi connectivity index (χ0n) is 12.0. The van der Waals surface area contributed by atoms with Crippen LogP contribution in [0.2, 0.25) is 0 Å². The summed E-state index contributed by atoms with van der Waals surface area (Å²) in [6.07, 6.45) is 3.59. The fraction of sp³-hybridized carbons (Fsp3) is 0.0588. The summed E-state index contributed by atoms with van der Waals surface area (Å²) < 4.78 is 1.83. The molecule has 0 saturated carbocycles. The minimum absolute atomic E-state index is 0.213. The summed E-state index contributed by atoms with van der Waals surface area (Å²) in [7, 11) is 0. The van der Waals surface area contributed by atoms with Gasteiger partial charge in [-0.25, -0.2) is 4.98 Å². The molecule has 0 unspecified atom stereocenters. The van der Waals surface area contributed by atoms with Gasteiger partial charge in [0.1, 0.15) is 11.3 Å². The predicted octanol–water partition coefficient (Wildman–Crippen LogP) is 3.38. The fourth-order valence-electron chi connectivity index (χ4n) is 2.59. The smallest absolute Gasteiger partial charge is 0.275 e. The second kappa shape index (κ2) is 4.73. The average Bonchev–Trinajstić information content (AvgIpc) is 3.08. The largest absolute Gasteiger partial charge is 0.359 e. The van der Waals surface area contributed by atoms with Crippen molar-refractivity contribution in [3.05, 3.63) is 66.2 Å². The van der Waals surface area contributed by atoms with Gasteiger partial charge < -0.3 is 14.7 Å². The van der Waals surface area contributed by atoms with Crippen molar-refractivity contribution in [2.75, 3.05) is 5.32 Å². The lowest BCUT2D eigenvalue weighted by Crippen LogP contribution is -2.12. The van der Waals surface area contributed by atoms with E-state index in [1.165, 1.54) is 0 Å². The van der Waals surface area contributed by atoms with Crippen LogP contribution in [0.5, 0.6) is 0 Å². The van der Waals surface area contributed by atoms with Gasteiger partial charge in [0.2, 0.25) is 0 Å². The number of nitrogens with one attached hydrogen (secondary N) is 2. The second-order valence-corrected chi connectivity index (χ2v) is 5.30. The SMILES string of the molecule is Cc1cc2cc(NC(=O)c3cn4ccccc4n3)ccc2[nH]1. The van der Waals surface area contributed by atoms with Gasteiger partial charge in [-0.15, -0.1) is 0 Å². The molecule has 1 aromatic carbocycles. The van der Waals surface area contributed by atoms with E-state index in [0.29, 0.717) is 5.69 Å². The molecule has 0 radical (unpaired) electrons. The van der Waals surface area contributed by atoms with Crippen LogP contribution in [0.25, 0.3) is 16.6 Å². The van der Waals surface area contributed by atoms with Crippen LogP contribution >= 0.6 is 0 Å². The van der Waals surface area contributed by atoms with E-state index in [-0.39, 0.29) is 5.91 Å². The molecule has 4 rings (SSSR count). The first-order valence-electron chi connectivity index (χ1n) is 7.03. The van der Waals surface area contributed by atoms with E-state index < -0.39 is 0 Å². The van der Waals surface area contributed by atoms with Crippen LogP contribution in [0.15, 0.2) is 54.9 Å². The molecule has 3 heterocycles. The number of fused-ring (bicyclic) bond motifs is 2. The maximum atomic E-state index is 12.3. The minimum atomic E-state index is -0.213. The van der Waals surface area contributed by atoms with Crippen molar-refractivity contribution in [2.24, 2.45) is 0 Å². The highest BCUT2D eigenvalue weighted by atomic mass is 16.1. The quantitative estimate of drug-likeness (QED) is 0.594. The molecule has 0 fully saturated rings. The highest BCUT2D eigenvalue weighted by molar-refractivity contribution is 6.04. The molecule has 0 atom stereocenters. The number of anilines is 1. The van der Waals surface area contributed by atoms with E-state index >= 15 is 0 Å². The summed E-state index contributed by atoms with van der Waals surface area (Å²) in [5.74, 6) is -0.213. The van der Waals surface area contributed by atoms with Crippen molar-refractivity contribution in [1.82, 2.24) is 14.4 Å². The van der Waals surface area contributed by atoms with Gasteiger partial charge in [-0.3, -0.25) is 4.79 Å². The Kier molecular flexibility index (Phi) is 2.72. The number of imidazole rings is 1. The Hall–Kier alpha value is -3.08. The molecule has 0 aliphatic rings. The molecule has 4 aromatic rings. The molecule has 0 bridgehead atoms. The number of pyridine rings is 1. The number of aromatic nitrogens is 3. The molecule has 0 aliphatic heterocycles. The third-order valence-electron chi connectivity index (χ3n) is 3.61. The Morgan fingerprint density at radius 1 is 1.23 bits per heavy atom. The minimum Gasteiger partial charge on any atom is -0.359 e. The number of nitrogens with zero attached hydrogens (tertiary/aromatic N) is 2. The standard InChI is InChI=1S/C17H14N4O/c1-11-8-12-9-13(5-6-14(12)18-11)19-17(22)15-10-21-7-3-2-4-16(21)20-15/h2-10,18H,1H3,(H,19,22). The summed E-state index contributed by atoms with van der Waals surface area (Å²) >= 11 is 0. The van der Waals surface area contributed by atoms with Crippen molar-refractivity contribution in [3.8, 4) is 0 Å². The normalized spacial score (nSPS) is 11.1. The molecule has 108 valence electrons.